The normalized spacial score (nSPS) is 11.2. The molecule has 0 aliphatic heterocycles. The third kappa shape index (κ3) is 4.90. The lowest BCUT2D eigenvalue weighted by atomic mass is 9.99. The zero-order valence-corrected chi connectivity index (χ0v) is 12.5. The fourth-order valence-corrected chi connectivity index (χ4v) is 1.85. The zero-order valence-electron chi connectivity index (χ0n) is 12.5. The molecule has 0 amide bonds. The molecule has 0 aromatic heterocycles. The summed E-state index contributed by atoms with van der Waals surface area (Å²) in [5.41, 5.74) is 2.30. The number of benzene rings is 1. The first-order valence-corrected chi connectivity index (χ1v) is 6.86. The van der Waals surface area contributed by atoms with E-state index in [0.29, 0.717) is 5.56 Å². The maximum Gasteiger partial charge on any atom is 0.338 e. The molecule has 0 aliphatic carbocycles. The monoisotopic (exact) mass is 260 g/mol. The smallest absolute Gasteiger partial charge is 0.338 e. The van der Waals surface area contributed by atoms with Crippen molar-refractivity contribution in [3.63, 3.8) is 0 Å². The number of esters is 1. The van der Waals surface area contributed by atoms with E-state index in [1.165, 1.54) is 0 Å². The Hall–Kier alpha value is -1.57. The first kappa shape index (κ1) is 15.5. The molecule has 104 valence electrons. The Morgan fingerprint density at radius 2 is 2.05 bits per heavy atom. The van der Waals surface area contributed by atoms with Crippen LogP contribution in [0, 0.1) is 0 Å². The van der Waals surface area contributed by atoms with Crippen LogP contribution in [0.3, 0.4) is 0 Å². The van der Waals surface area contributed by atoms with Gasteiger partial charge < -0.3 is 4.74 Å². The van der Waals surface area contributed by atoms with Gasteiger partial charge in [0.1, 0.15) is 5.60 Å². The predicted molar refractivity (Wildman–Crippen MR) is 80.3 cm³/mol. The van der Waals surface area contributed by atoms with E-state index in [1.54, 1.807) is 6.08 Å². The van der Waals surface area contributed by atoms with Gasteiger partial charge in [-0.25, -0.2) is 4.79 Å². The van der Waals surface area contributed by atoms with Gasteiger partial charge in [0.25, 0.3) is 0 Å². The number of hydrogen-bond donors (Lipinski definition) is 0. The van der Waals surface area contributed by atoms with E-state index in [1.807, 2.05) is 39.0 Å². The van der Waals surface area contributed by atoms with E-state index in [9.17, 15) is 4.79 Å². The molecule has 0 fully saturated rings. The topological polar surface area (TPSA) is 26.3 Å². The van der Waals surface area contributed by atoms with Gasteiger partial charge in [-0.3, -0.25) is 0 Å². The van der Waals surface area contributed by atoms with Gasteiger partial charge in [-0.2, -0.15) is 0 Å². The molecular formula is C17H24O2. The molecule has 0 spiro atoms. The molecule has 0 unspecified atom stereocenters. The van der Waals surface area contributed by atoms with Crippen LogP contribution in [0.15, 0.2) is 24.8 Å². The molecule has 0 heterocycles. The number of unbranched alkanes of at least 4 members (excludes halogenated alkanes) is 1. The molecule has 2 heteroatoms. The maximum atomic E-state index is 12.2. The molecular weight excluding hydrogens is 236 g/mol. The number of carbonyl (C=O) groups excluding carboxylic acids is 1. The molecule has 0 saturated carbocycles. The average Bonchev–Trinajstić information content (AvgIpc) is 2.33. The van der Waals surface area contributed by atoms with Crippen molar-refractivity contribution in [1.82, 2.24) is 0 Å². The quantitative estimate of drug-likeness (QED) is 0.722. The van der Waals surface area contributed by atoms with Gasteiger partial charge in [0.2, 0.25) is 0 Å². The predicted octanol–water partition coefficient (Wildman–Crippen LogP) is 4.63. The summed E-state index contributed by atoms with van der Waals surface area (Å²) in [6.45, 7) is 11.6. The summed E-state index contributed by atoms with van der Waals surface area (Å²) < 4.78 is 5.45. The molecule has 1 aromatic carbocycles. The van der Waals surface area contributed by atoms with E-state index in [2.05, 4.69) is 13.5 Å². The number of carbonyl (C=O) groups is 1. The van der Waals surface area contributed by atoms with Crippen LogP contribution in [-0.4, -0.2) is 11.6 Å². The number of aryl methyl sites for hydroxylation is 1. The molecule has 0 atom stereocenters. The summed E-state index contributed by atoms with van der Waals surface area (Å²) >= 11 is 0. The average molecular weight is 260 g/mol. The third-order valence-corrected chi connectivity index (χ3v) is 2.78. The van der Waals surface area contributed by atoms with Crippen molar-refractivity contribution in [3.05, 3.63) is 41.5 Å². The van der Waals surface area contributed by atoms with Crippen LogP contribution < -0.4 is 0 Å². The summed E-state index contributed by atoms with van der Waals surface area (Å²) in [6.07, 6.45) is 4.86. The number of ether oxygens (including phenoxy) is 1. The summed E-state index contributed by atoms with van der Waals surface area (Å²) in [5.74, 6) is -0.241. The highest BCUT2D eigenvalue weighted by Crippen LogP contribution is 2.19. The van der Waals surface area contributed by atoms with E-state index < -0.39 is 5.60 Å². The minimum atomic E-state index is -0.462. The molecule has 0 aliphatic rings. The fourth-order valence-electron chi connectivity index (χ4n) is 1.85. The van der Waals surface area contributed by atoms with E-state index >= 15 is 0 Å². The number of rotatable bonds is 5. The molecule has 1 rings (SSSR count). The standard InChI is InChI=1S/C17H24O2/c1-6-8-9-14-12-13(7-2)10-11-15(14)16(18)19-17(3,4)5/h7,10-12H,2,6,8-9H2,1,3-5H3. The van der Waals surface area contributed by atoms with Gasteiger partial charge in [-0.05, 0) is 50.8 Å². The van der Waals surface area contributed by atoms with Crippen molar-refractivity contribution >= 4 is 12.0 Å². The first-order chi connectivity index (χ1) is 8.87. The Bertz CT molecular complexity index is 453. The summed E-state index contributed by atoms with van der Waals surface area (Å²) in [6, 6.07) is 5.78. The lowest BCUT2D eigenvalue weighted by molar-refractivity contribution is 0.00683. The van der Waals surface area contributed by atoms with Crippen molar-refractivity contribution in [2.75, 3.05) is 0 Å². The second kappa shape index (κ2) is 6.55. The fraction of sp³-hybridized carbons (Fsp3) is 0.471. The Balaban J connectivity index is 3.04. The Labute approximate surface area is 116 Å². The van der Waals surface area contributed by atoms with Crippen LogP contribution >= 0.6 is 0 Å². The van der Waals surface area contributed by atoms with E-state index in [0.717, 1.165) is 30.4 Å². The largest absolute Gasteiger partial charge is 0.456 e. The van der Waals surface area contributed by atoms with Gasteiger partial charge in [0, 0.05) is 0 Å². The van der Waals surface area contributed by atoms with Crippen molar-refractivity contribution in [2.24, 2.45) is 0 Å². The second-order valence-electron chi connectivity index (χ2n) is 5.73. The van der Waals surface area contributed by atoms with E-state index in [-0.39, 0.29) is 5.97 Å². The number of hydrogen-bond acceptors (Lipinski definition) is 2. The lowest BCUT2D eigenvalue weighted by Crippen LogP contribution is -2.24. The Kier molecular flexibility index (Phi) is 5.34. The molecule has 0 saturated heterocycles. The highest BCUT2D eigenvalue weighted by Gasteiger charge is 2.20. The lowest BCUT2D eigenvalue weighted by Gasteiger charge is -2.20. The van der Waals surface area contributed by atoms with E-state index in [4.69, 9.17) is 4.74 Å². The van der Waals surface area contributed by atoms with Crippen LogP contribution in [0.25, 0.3) is 6.08 Å². The summed E-state index contributed by atoms with van der Waals surface area (Å²) in [7, 11) is 0. The minimum Gasteiger partial charge on any atom is -0.456 e. The van der Waals surface area contributed by atoms with Gasteiger partial charge in [0.15, 0.2) is 0 Å². The first-order valence-electron chi connectivity index (χ1n) is 6.86. The SMILES string of the molecule is C=Cc1ccc(C(=O)OC(C)(C)C)c(CCCC)c1. The Morgan fingerprint density at radius 3 is 2.58 bits per heavy atom. The van der Waals surface area contributed by atoms with Crippen molar-refractivity contribution in [1.29, 1.82) is 0 Å². The Morgan fingerprint density at radius 1 is 1.37 bits per heavy atom. The molecule has 19 heavy (non-hydrogen) atoms. The minimum absolute atomic E-state index is 0.241. The highest BCUT2D eigenvalue weighted by molar-refractivity contribution is 5.91. The van der Waals surface area contributed by atoms with Crippen LogP contribution in [0.5, 0.6) is 0 Å². The highest BCUT2D eigenvalue weighted by atomic mass is 16.6. The van der Waals surface area contributed by atoms with Crippen LogP contribution in [-0.2, 0) is 11.2 Å². The molecule has 2 nitrogen and oxygen atoms in total. The van der Waals surface area contributed by atoms with Crippen LogP contribution in [0.2, 0.25) is 0 Å². The summed E-state index contributed by atoms with van der Waals surface area (Å²) in [5, 5.41) is 0. The van der Waals surface area contributed by atoms with Crippen molar-refractivity contribution < 1.29 is 9.53 Å². The van der Waals surface area contributed by atoms with Gasteiger partial charge in [-0.1, -0.05) is 38.1 Å². The van der Waals surface area contributed by atoms with Gasteiger partial charge in [0.05, 0.1) is 5.56 Å². The molecule has 0 bridgehead atoms. The summed E-state index contributed by atoms with van der Waals surface area (Å²) in [4.78, 5) is 12.2. The van der Waals surface area contributed by atoms with Crippen molar-refractivity contribution in [3.8, 4) is 0 Å². The second-order valence-corrected chi connectivity index (χ2v) is 5.73. The zero-order chi connectivity index (χ0) is 14.5. The van der Waals surface area contributed by atoms with Crippen molar-refractivity contribution in [2.45, 2.75) is 52.6 Å². The maximum absolute atomic E-state index is 12.2. The van der Waals surface area contributed by atoms with Gasteiger partial charge >= 0.3 is 5.97 Å². The molecule has 0 radical (unpaired) electrons. The third-order valence-electron chi connectivity index (χ3n) is 2.78. The van der Waals surface area contributed by atoms with Crippen LogP contribution in [0.4, 0.5) is 0 Å². The van der Waals surface area contributed by atoms with Gasteiger partial charge in [-0.15, -0.1) is 0 Å². The molecule has 0 N–H and O–H groups in total. The van der Waals surface area contributed by atoms with Crippen LogP contribution in [0.1, 0.15) is 62.0 Å². The molecule has 1 aromatic rings.